The van der Waals surface area contributed by atoms with Crippen LogP contribution in [0.25, 0.3) is 0 Å². The van der Waals surface area contributed by atoms with Crippen molar-refractivity contribution in [2.75, 3.05) is 12.3 Å². The lowest BCUT2D eigenvalue weighted by Gasteiger charge is -2.01. The molecule has 17 heavy (non-hydrogen) atoms. The highest BCUT2D eigenvalue weighted by Crippen LogP contribution is 2.23. The zero-order valence-corrected chi connectivity index (χ0v) is 13.0. The summed E-state index contributed by atoms with van der Waals surface area (Å²) in [6, 6.07) is 0. The normalized spacial score (nSPS) is 11.4. The molecule has 0 aliphatic carbocycles. The summed E-state index contributed by atoms with van der Waals surface area (Å²) in [6.45, 7) is 10.9. The lowest BCUT2D eigenvalue weighted by Crippen LogP contribution is -2.13. The predicted octanol–water partition coefficient (Wildman–Crippen LogP) is 3.84. The molecular weight excluding hydrogens is 248 g/mol. The Morgan fingerprint density at radius 2 is 2.18 bits per heavy atom. The zero-order chi connectivity index (χ0) is 12.7. The Hall–Kier alpha value is -0.0600. The average molecular weight is 272 g/mol. The van der Waals surface area contributed by atoms with Gasteiger partial charge in [0.2, 0.25) is 0 Å². The molecule has 0 saturated heterocycles. The van der Waals surface area contributed by atoms with Crippen LogP contribution in [-0.4, -0.2) is 17.3 Å². The minimum atomic E-state index is 0.770. The number of thiazole rings is 1. The molecule has 0 aliphatic rings. The molecule has 0 aromatic carbocycles. The molecule has 2 nitrogen and oxygen atoms in total. The van der Waals surface area contributed by atoms with Crippen molar-refractivity contribution in [2.45, 2.75) is 46.4 Å². The van der Waals surface area contributed by atoms with Crippen LogP contribution in [0.15, 0.2) is 0 Å². The average Bonchev–Trinajstić information content (AvgIpc) is 2.59. The highest BCUT2D eigenvalue weighted by atomic mass is 32.2. The minimum absolute atomic E-state index is 0.770. The summed E-state index contributed by atoms with van der Waals surface area (Å²) < 4.78 is 0. The van der Waals surface area contributed by atoms with Gasteiger partial charge in [-0.1, -0.05) is 20.8 Å². The van der Waals surface area contributed by atoms with Crippen LogP contribution in [0.2, 0.25) is 0 Å². The molecule has 0 bridgehead atoms. The molecule has 0 saturated carbocycles. The van der Waals surface area contributed by atoms with Crippen molar-refractivity contribution >= 4 is 23.1 Å². The largest absolute Gasteiger partial charge is 0.312 e. The summed E-state index contributed by atoms with van der Waals surface area (Å²) in [5.74, 6) is 3.06. The van der Waals surface area contributed by atoms with Crippen LogP contribution in [0.4, 0.5) is 0 Å². The van der Waals surface area contributed by atoms with Crippen molar-refractivity contribution in [2.24, 2.45) is 5.92 Å². The van der Waals surface area contributed by atoms with Gasteiger partial charge in [0, 0.05) is 17.2 Å². The van der Waals surface area contributed by atoms with Crippen LogP contribution in [0.5, 0.6) is 0 Å². The molecule has 1 aromatic rings. The van der Waals surface area contributed by atoms with E-state index in [1.165, 1.54) is 27.8 Å². The summed E-state index contributed by atoms with van der Waals surface area (Å²) in [5, 5.41) is 4.72. The Labute approximate surface area is 114 Å². The van der Waals surface area contributed by atoms with E-state index in [9.17, 15) is 0 Å². The summed E-state index contributed by atoms with van der Waals surface area (Å²) in [5.41, 5.74) is 1.21. The minimum Gasteiger partial charge on any atom is -0.312 e. The third-order valence-corrected chi connectivity index (χ3v) is 5.05. The second-order valence-electron chi connectivity index (χ2n) is 4.70. The number of aryl methyl sites for hydroxylation is 1. The molecule has 4 heteroatoms. The predicted molar refractivity (Wildman–Crippen MR) is 79.8 cm³/mol. The van der Waals surface area contributed by atoms with Gasteiger partial charge in [-0.2, -0.15) is 11.8 Å². The Bertz CT molecular complexity index is 321. The van der Waals surface area contributed by atoms with Gasteiger partial charge >= 0.3 is 0 Å². The topological polar surface area (TPSA) is 24.9 Å². The van der Waals surface area contributed by atoms with E-state index in [2.05, 4.69) is 38.0 Å². The van der Waals surface area contributed by atoms with Crippen LogP contribution in [0.1, 0.15) is 42.8 Å². The van der Waals surface area contributed by atoms with Gasteiger partial charge in [0.05, 0.1) is 5.69 Å². The first kappa shape index (κ1) is 15.0. The lowest BCUT2D eigenvalue weighted by atomic mass is 10.3. The maximum Gasteiger partial charge on any atom is 0.103 e. The van der Waals surface area contributed by atoms with E-state index in [4.69, 9.17) is 0 Å². The van der Waals surface area contributed by atoms with Gasteiger partial charge in [0.1, 0.15) is 5.01 Å². The first-order chi connectivity index (χ1) is 8.13. The molecule has 0 amide bonds. The Kier molecular flexibility index (Phi) is 7.16. The fraction of sp³-hybridized carbons (Fsp3) is 0.769. The van der Waals surface area contributed by atoms with Crippen LogP contribution < -0.4 is 5.32 Å². The Balaban J connectivity index is 2.38. The first-order valence-corrected chi connectivity index (χ1v) is 8.34. The highest BCUT2D eigenvalue weighted by molar-refractivity contribution is 7.98. The second kappa shape index (κ2) is 8.11. The van der Waals surface area contributed by atoms with Crippen molar-refractivity contribution in [1.29, 1.82) is 0 Å². The number of aromatic nitrogens is 1. The van der Waals surface area contributed by atoms with Crippen LogP contribution in [-0.2, 0) is 12.3 Å². The number of thioether (sulfide) groups is 1. The molecular formula is C13H24N2S2. The molecule has 0 fully saturated rings. The number of hydrogen-bond acceptors (Lipinski definition) is 4. The van der Waals surface area contributed by atoms with Gasteiger partial charge in [-0.25, -0.2) is 4.98 Å². The van der Waals surface area contributed by atoms with Gasteiger partial charge in [-0.05, 0) is 31.6 Å². The van der Waals surface area contributed by atoms with Crippen molar-refractivity contribution in [1.82, 2.24) is 10.3 Å². The van der Waals surface area contributed by atoms with Crippen LogP contribution in [0, 0.1) is 12.8 Å². The van der Waals surface area contributed by atoms with E-state index in [-0.39, 0.29) is 0 Å². The molecule has 98 valence electrons. The van der Waals surface area contributed by atoms with Gasteiger partial charge in [0.15, 0.2) is 0 Å². The summed E-state index contributed by atoms with van der Waals surface area (Å²) in [4.78, 5) is 6.05. The SMILES string of the molecule is CCCNCc1sc(CSCC(C)C)nc1C. The van der Waals surface area contributed by atoms with E-state index < -0.39 is 0 Å². The molecule has 1 aromatic heterocycles. The van der Waals surface area contributed by atoms with Gasteiger partial charge < -0.3 is 5.32 Å². The van der Waals surface area contributed by atoms with E-state index in [1.807, 2.05) is 23.1 Å². The van der Waals surface area contributed by atoms with E-state index in [0.717, 1.165) is 24.8 Å². The maximum atomic E-state index is 4.64. The fourth-order valence-electron chi connectivity index (χ4n) is 1.47. The summed E-state index contributed by atoms with van der Waals surface area (Å²) >= 11 is 3.86. The zero-order valence-electron chi connectivity index (χ0n) is 11.4. The molecule has 0 aliphatic heterocycles. The summed E-state index contributed by atoms with van der Waals surface area (Å²) in [6.07, 6.45) is 1.19. The van der Waals surface area contributed by atoms with Crippen molar-refractivity contribution < 1.29 is 0 Å². The van der Waals surface area contributed by atoms with Gasteiger partial charge in [-0.15, -0.1) is 11.3 Å². The third-order valence-electron chi connectivity index (χ3n) is 2.33. The molecule has 1 N–H and O–H groups in total. The first-order valence-electron chi connectivity index (χ1n) is 6.37. The fourth-order valence-corrected chi connectivity index (χ4v) is 3.62. The maximum absolute atomic E-state index is 4.64. The molecule has 0 unspecified atom stereocenters. The third kappa shape index (κ3) is 5.89. The molecule has 0 spiro atoms. The monoisotopic (exact) mass is 272 g/mol. The summed E-state index contributed by atoms with van der Waals surface area (Å²) in [7, 11) is 0. The van der Waals surface area contributed by atoms with Crippen LogP contribution in [0.3, 0.4) is 0 Å². The number of nitrogens with one attached hydrogen (secondary N) is 1. The molecule has 0 radical (unpaired) electrons. The number of nitrogens with zero attached hydrogens (tertiary/aromatic N) is 1. The Morgan fingerprint density at radius 1 is 1.41 bits per heavy atom. The standard InChI is InChI=1S/C13H24N2S2/c1-5-6-14-7-12-11(4)15-13(17-12)9-16-8-10(2)3/h10,14H,5-9H2,1-4H3. The second-order valence-corrected chi connectivity index (χ2v) is 6.90. The molecule has 1 rings (SSSR count). The highest BCUT2D eigenvalue weighted by Gasteiger charge is 2.07. The number of hydrogen-bond donors (Lipinski definition) is 1. The van der Waals surface area contributed by atoms with Gasteiger partial charge in [0.25, 0.3) is 0 Å². The quantitative estimate of drug-likeness (QED) is 0.728. The van der Waals surface area contributed by atoms with E-state index in [1.54, 1.807) is 0 Å². The van der Waals surface area contributed by atoms with E-state index >= 15 is 0 Å². The Morgan fingerprint density at radius 3 is 2.82 bits per heavy atom. The van der Waals surface area contributed by atoms with Crippen LogP contribution >= 0.6 is 23.1 Å². The lowest BCUT2D eigenvalue weighted by molar-refractivity contribution is 0.678. The molecule has 1 heterocycles. The van der Waals surface area contributed by atoms with E-state index in [0.29, 0.717) is 0 Å². The van der Waals surface area contributed by atoms with Crippen molar-refractivity contribution in [3.05, 3.63) is 15.6 Å². The van der Waals surface area contributed by atoms with Crippen molar-refractivity contribution in [3.63, 3.8) is 0 Å². The van der Waals surface area contributed by atoms with Gasteiger partial charge in [-0.3, -0.25) is 0 Å². The smallest absolute Gasteiger partial charge is 0.103 e. The van der Waals surface area contributed by atoms with Crippen molar-refractivity contribution in [3.8, 4) is 0 Å². The molecule has 0 atom stereocenters. The number of rotatable bonds is 8.